The van der Waals surface area contributed by atoms with Crippen molar-refractivity contribution in [3.05, 3.63) is 33.4 Å². The summed E-state index contributed by atoms with van der Waals surface area (Å²) in [6.45, 7) is 3.94. The number of aryl methyl sites for hydroxylation is 3. The second-order valence-corrected chi connectivity index (χ2v) is 5.77. The van der Waals surface area contributed by atoms with Gasteiger partial charge in [0.2, 0.25) is 5.95 Å². The molecule has 0 amide bonds. The molecule has 0 aliphatic carbocycles. The van der Waals surface area contributed by atoms with Gasteiger partial charge in [0, 0.05) is 12.1 Å². The van der Waals surface area contributed by atoms with Crippen molar-refractivity contribution in [2.24, 2.45) is 7.05 Å². The molecule has 0 atom stereocenters. The van der Waals surface area contributed by atoms with Gasteiger partial charge in [-0.2, -0.15) is 5.10 Å². The molecule has 21 heavy (non-hydrogen) atoms. The molecule has 0 aliphatic rings. The van der Waals surface area contributed by atoms with E-state index in [-0.39, 0.29) is 0 Å². The lowest BCUT2D eigenvalue weighted by molar-refractivity contribution is 0.751. The fourth-order valence-corrected chi connectivity index (χ4v) is 2.94. The van der Waals surface area contributed by atoms with Gasteiger partial charge in [0.25, 0.3) is 0 Å². The Morgan fingerprint density at radius 1 is 1.24 bits per heavy atom. The van der Waals surface area contributed by atoms with Crippen molar-refractivity contribution >= 4 is 40.3 Å². The third-order valence-corrected chi connectivity index (χ3v) is 4.24. The molecule has 0 aliphatic heterocycles. The number of halogens is 2. The second-order valence-electron chi connectivity index (χ2n) is 4.95. The Balaban J connectivity index is 2.38. The summed E-state index contributed by atoms with van der Waals surface area (Å²) in [6, 6.07) is 3.62. The molecule has 7 heteroatoms. The molecule has 5 nitrogen and oxygen atoms in total. The van der Waals surface area contributed by atoms with Crippen molar-refractivity contribution in [3.8, 4) is 5.69 Å². The van der Waals surface area contributed by atoms with E-state index < -0.39 is 0 Å². The molecule has 110 valence electrons. The maximum atomic E-state index is 6.37. The lowest BCUT2D eigenvalue weighted by Gasteiger charge is -2.11. The van der Waals surface area contributed by atoms with Crippen LogP contribution in [0.2, 0.25) is 10.0 Å². The molecule has 0 bridgehead atoms. The Hall–Kier alpha value is -1.72. The number of aromatic nitrogens is 4. The normalized spacial score (nSPS) is 11.5. The van der Waals surface area contributed by atoms with E-state index in [1.54, 1.807) is 15.3 Å². The number of nitrogen functional groups attached to an aromatic ring is 1. The first-order valence-electron chi connectivity index (χ1n) is 6.59. The average molecular weight is 324 g/mol. The summed E-state index contributed by atoms with van der Waals surface area (Å²) < 4.78 is 3.55. The highest BCUT2D eigenvalue weighted by molar-refractivity contribution is 6.35. The summed E-state index contributed by atoms with van der Waals surface area (Å²) >= 11 is 12.6. The quantitative estimate of drug-likeness (QED) is 0.784. The lowest BCUT2D eigenvalue weighted by atomic mass is 10.2. The summed E-state index contributed by atoms with van der Waals surface area (Å²) in [7, 11) is 1.86. The molecule has 2 heterocycles. The zero-order valence-electron chi connectivity index (χ0n) is 12.0. The minimum absolute atomic E-state index is 0.370. The number of imidazole rings is 1. The van der Waals surface area contributed by atoms with Gasteiger partial charge < -0.3 is 5.73 Å². The van der Waals surface area contributed by atoms with E-state index in [9.17, 15) is 0 Å². The van der Waals surface area contributed by atoms with Crippen molar-refractivity contribution in [3.63, 3.8) is 0 Å². The van der Waals surface area contributed by atoms with Crippen LogP contribution in [0.3, 0.4) is 0 Å². The van der Waals surface area contributed by atoms with E-state index >= 15 is 0 Å². The molecule has 0 spiro atoms. The Morgan fingerprint density at radius 2 is 1.95 bits per heavy atom. The van der Waals surface area contributed by atoms with Crippen molar-refractivity contribution in [1.82, 2.24) is 19.3 Å². The number of hydrogen-bond acceptors (Lipinski definition) is 3. The summed E-state index contributed by atoms with van der Waals surface area (Å²) in [4.78, 5) is 4.43. The smallest absolute Gasteiger partial charge is 0.207 e. The topological polar surface area (TPSA) is 61.7 Å². The fourth-order valence-electron chi connectivity index (χ4n) is 2.48. The summed E-state index contributed by atoms with van der Waals surface area (Å²) in [6.07, 6.45) is 0.788. The monoisotopic (exact) mass is 323 g/mol. The SMILES string of the molecule is CCc1nn(C)c2c1nc(N)n2-c1cc(Cl)c(C)cc1Cl. The van der Waals surface area contributed by atoms with Crippen LogP contribution in [0.1, 0.15) is 18.2 Å². The third kappa shape index (κ3) is 2.08. The van der Waals surface area contributed by atoms with E-state index in [0.29, 0.717) is 21.7 Å². The Morgan fingerprint density at radius 3 is 2.62 bits per heavy atom. The molecular weight excluding hydrogens is 309 g/mol. The molecule has 0 saturated carbocycles. The van der Waals surface area contributed by atoms with Gasteiger partial charge in [-0.3, -0.25) is 4.57 Å². The first-order chi connectivity index (χ1) is 9.93. The third-order valence-electron chi connectivity index (χ3n) is 3.53. The Kier molecular flexibility index (Phi) is 3.34. The number of nitrogens with two attached hydrogens (primary N) is 1. The van der Waals surface area contributed by atoms with Crippen LogP contribution in [0.5, 0.6) is 0 Å². The van der Waals surface area contributed by atoms with Gasteiger partial charge >= 0.3 is 0 Å². The van der Waals surface area contributed by atoms with Crippen LogP contribution in [0, 0.1) is 6.92 Å². The highest BCUT2D eigenvalue weighted by atomic mass is 35.5. The summed E-state index contributed by atoms with van der Waals surface area (Å²) in [5.74, 6) is 0.370. The van der Waals surface area contributed by atoms with Crippen molar-refractivity contribution in [2.75, 3.05) is 5.73 Å². The molecular formula is C14H15Cl2N5. The van der Waals surface area contributed by atoms with Crippen LogP contribution in [-0.4, -0.2) is 19.3 Å². The van der Waals surface area contributed by atoms with E-state index in [2.05, 4.69) is 10.1 Å². The molecule has 0 unspecified atom stereocenters. The molecule has 0 radical (unpaired) electrons. The second kappa shape index (κ2) is 4.93. The first-order valence-corrected chi connectivity index (χ1v) is 7.35. The predicted octanol–water partition coefficient (Wildman–Crippen LogP) is 3.52. The standard InChI is InChI=1S/C14H15Cl2N5/c1-4-10-12-13(20(3)19-10)21(14(17)18-12)11-6-8(15)7(2)5-9(11)16/h5-6H,4H2,1-3H3,(H2,17,18). The van der Waals surface area contributed by atoms with Gasteiger partial charge in [-0.25, -0.2) is 9.67 Å². The Labute approximate surface area is 132 Å². The summed E-state index contributed by atoms with van der Waals surface area (Å²) in [5, 5.41) is 5.67. The zero-order chi connectivity index (χ0) is 15.3. The van der Waals surface area contributed by atoms with Crippen LogP contribution < -0.4 is 5.73 Å². The molecule has 2 aromatic heterocycles. The van der Waals surface area contributed by atoms with Crippen LogP contribution in [0.15, 0.2) is 12.1 Å². The van der Waals surface area contributed by atoms with Gasteiger partial charge in [0.15, 0.2) is 5.65 Å². The van der Waals surface area contributed by atoms with Gasteiger partial charge in [-0.1, -0.05) is 30.1 Å². The van der Waals surface area contributed by atoms with Crippen LogP contribution in [0.4, 0.5) is 5.95 Å². The molecule has 0 saturated heterocycles. The first kappa shape index (κ1) is 14.2. The molecule has 3 aromatic rings. The largest absolute Gasteiger partial charge is 0.369 e. The minimum atomic E-state index is 0.370. The van der Waals surface area contributed by atoms with Crippen molar-refractivity contribution in [2.45, 2.75) is 20.3 Å². The van der Waals surface area contributed by atoms with Crippen LogP contribution in [-0.2, 0) is 13.5 Å². The summed E-state index contributed by atoms with van der Waals surface area (Å²) in [5.41, 5.74) is 10.2. The van der Waals surface area contributed by atoms with Crippen LogP contribution >= 0.6 is 23.2 Å². The molecule has 2 N–H and O–H groups in total. The van der Waals surface area contributed by atoms with Crippen molar-refractivity contribution < 1.29 is 0 Å². The number of benzene rings is 1. The highest BCUT2D eigenvalue weighted by Crippen LogP contribution is 2.32. The van der Waals surface area contributed by atoms with Gasteiger partial charge in [0.05, 0.1) is 16.4 Å². The lowest BCUT2D eigenvalue weighted by Crippen LogP contribution is -2.06. The maximum absolute atomic E-state index is 6.37. The van der Waals surface area contributed by atoms with Crippen LogP contribution in [0.25, 0.3) is 16.9 Å². The van der Waals surface area contributed by atoms with E-state index in [1.807, 2.05) is 27.0 Å². The predicted molar refractivity (Wildman–Crippen MR) is 86.4 cm³/mol. The maximum Gasteiger partial charge on any atom is 0.207 e. The number of hydrogen-bond donors (Lipinski definition) is 1. The highest BCUT2D eigenvalue weighted by Gasteiger charge is 2.20. The minimum Gasteiger partial charge on any atom is -0.369 e. The van der Waals surface area contributed by atoms with E-state index in [4.69, 9.17) is 28.9 Å². The molecule has 3 rings (SSSR count). The number of anilines is 1. The van der Waals surface area contributed by atoms with Gasteiger partial charge in [-0.05, 0) is 31.0 Å². The van der Waals surface area contributed by atoms with E-state index in [1.165, 1.54) is 0 Å². The fraction of sp³-hybridized carbons (Fsp3) is 0.286. The zero-order valence-corrected chi connectivity index (χ0v) is 13.5. The molecule has 1 aromatic carbocycles. The number of rotatable bonds is 2. The average Bonchev–Trinajstić information content (AvgIpc) is 2.91. The number of nitrogens with zero attached hydrogens (tertiary/aromatic N) is 4. The number of fused-ring (bicyclic) bond motifs is 1. The molecule has 0 fully saturated rings. The Bertz CT molecular complexity index is 847. The van der Waals surface area contributed by atoms with E-state index in [0.717, 1.165) is 28.8 Å². The van der Waals surface area contributed by atoms with Gasteiger partial charge in [-0.15, -0.1) is 0 Å². The van der Waals surface area contributed by atoms with Crippen molar-refractivity contribution in [1.29, 1.82) is 0 Å². The van der Waals surface area contributed by atoms with Gasteiger partial charge in [0.1, 0.15) is 5.52 Å².